The summed E-state index contributed by atoms with van der Waals surface area (Å²) < 4.78 is 2.04. The van der Waals surface area contributed by atoms with Gasteiger partial charge >= 0.3 is 0 Å². The highest BCUT2D eigenvalue weighted by molar-refractivity contribution is 7.99. The van der Waals surface area contributed by atoms with Gasteiger partial charge in [-0.2, -0.15) is 0 Å². The summed E-state index contributed by atoms with van der Waals surface area (Å²) >= 11 is 2.94. The van der Waals surface area contributed by atoms with Gasteiger partial charge in [0.05, 0.1) is 11.5 Å². The van der Waals surface area contributed by atoms with Crippen LogP contribution in [0.1, 0.15) is 50.5 Å². The van der Waals surface area contributed by atoms with Gasteiger partial charge in [-0.05, 0) is 43.9 Å². The zero-order chi connectivity index (χ0) is 23.3. The van der Waals surface area contributed by atoms with Crippen molar-refractivity contribution in [2.24, 2.45) is 0 Å². The fourth-order valence-electron chi connectivity index (χ4n) is 3.30. The van der Waals surface area contributed by atoms with Crippen LogP contribution in [0.2, 0.25) is 0 Å². The maximum atomic E-state index is 12.6. The highest BCUT2D eigenvalue weighted by Gasteiger charge is 2.19. The fourth-order valence-corrected chi connectivity index (χ4v) is 5.01. The Morgan fingerprint density at radius 1 is 1.06 bits per heavy atom. The number of aromatic nitrogens is 5. The molecule has 170 valence electrons. The van der Waals surface area contributed by atoms with Crippen LogP contribution in [0.25, 0.3) is 0 Å². The highest BCUT2D eigenvalue weighted by atomic mass is 32.2. The molecule has 7 nitrogen and oxygen atoms in total. The van der Waals surface area contributed by atoms with Gasteiger partial charge < -0.3 is 9.88 Å². The topological polar surface area (TPSA) is 85.6 Å². The number of nitrogens with zero attached hydrogens (tertiary/aromatic N) is 5. The molecule has 0 unspecified atom stereocenters. The fraction of sp³-hybridized carbons (Fsp3) is 0.435. The van der Waals surface area contributed by atoms with Crippen LogP contribution >= 0.6 is 23.5 Å². The molecule has 0 atom stereocenters. The molecule has 0 aliphatic heterocycles. The number of benzene rings is 1. The van der Waals surface area contributed by atoms with Gasteiger partial charge in [-0.1, -0.05) is 62.5 Å². The average molecular weight is 471 g/mol. The smallest absolute Gasteiger partial charge is 0.234 e. The summed E-state index contributed by atoms with van der Waals surface area (Å²) in [7, 11) is 0. The number of nitrogens with one attached hydrogen (secondary N) is 1. The van der Waals surface area contributed by atoms with Gasteiger partial charge in [-0.3, -0.25) is 4.79 Å². The van der Waals surface area contributed by atoms with Crippen molar-refractivity contribution in [3.8, 4) is 0 Å². The summed E-state index contributed by atoms with van der Waals surface area (Å²) in [6.45, 7) is 13.1. The van der Waals surface area contributed by atoms with Crippen LogP contribution in [0.4, 0.5) is 5.69 Å². The van der Waals surface area contributed by atoms with Gasteiger partial charge in [0.1, 0.15) is 5.82 Å². The second-order valence-electron chi connectivity index (χ2n) is 8.50. The Hall–Kier alpha value is -2.39. The molecule has 1 amide bonds. The van der Waals surface area contributed by atoms with E-state index in [1.54, 1.807) is 11.8 Å². The lowest BCUT2D eigenvalue weighted by Crippen LogP contribution is -2.20. The first-order valence-corrected chi connectivity index (χ1v) is 12.5. The molecule has 3 rings (SSSR count). The summed E-state index contributed by atoms with van der Waals surface area (Å²) in [5.41, 5.74) is 3.82. The Morgan fingerprint density at radius 3 is 2.41 bits per heavy atom. The molecule has 2 aromatic heterocycles. The number of thioether (sulfide) groups is 2. The van der Waals surface area contributed by atoms with Crippen molar-refractivity contribution in [1.29, 1.82) is 0 Å². The highest BCUT2D eigenvalue weighted by Crippen LogP contribution is 2.29. The first-order valence-electron chi connectivity index (χ1n) is 10.6. The lowest BCUT2D eigenvalue weighted by atomic mass is 9.86. The summed E-state index contributed by atoms with van der Waals surface area (Å²) in [5.74, 6) is 1.68. The number of rotatable bonds is 8. The molecule has 0 bridgehead atoms. The molecule has 32 heavy (non-hydrogen) atoms. The maximum Gasteiger partial charge on any atom is 0.234 e. The molecule has 0 saturated heterocycles. The predicted molar refractivity (Wildman–Crippen MR) is 131 cm³/mol. The Labute approximate surface area is 198 Å². The number of anilines is 1. The van der Waals surface area contributed by atoms with E-state index < -0.39 is 0 Å². The zero-order valence-electron chi connectivity index (χ0n) is 19.5. The summed E-state index contributed by atoms with van der Waals surface area (Å²) in [4.78, 5) is 21.6. The normalized spacial score (nSPS) is 11.6. The minimum absolute atomic E-state index is 0.0501. The lowest BCUT2D eigenvalue weighted by molar-refractivity contribution is -0.113. The SMILES string of the molecule is CCn1c(CSc2nc(C)cc(C)n2)nnc1SCC(=O)Nc1ccccc1C(C)(C)C. The summed E-state index contributed by atoms with van der Waals surface area (Å²) in [6.07, 6.45) is 0. The van der Waals surface area contributed by atoms with Gasteiger partial charge in [-0.25, -0.2) is 9.97 Å². The van der Waals surface area contributed by atoms with E-state index in [1.165, 1.54) is 11.8 Å². The molecule has 9 heteroatoms. The molecule has 0 saturated carbocycles. The molecule has 0 radical (unpaired) electrons. The quantitative estimate of drug-likeness (QED) is 0.365. The molecule has 0 aliphatic rings. The van der Waals surface area contributed by atoms with Crippen LogP contribution in [-0.2, 0) is 22.5 Å². The van der Waals surface area contributed by atoms with Gasteiger partial charge in [-0.15, -0.1) is 10.2 Å². The van der Waals surface area contributed by atoms with Crippen molar-refractivity contribution < 1.29 is 4.79 Å². The van der Waals surface area contributed by atoms with E-state index in [0.717, 1.165) is 45.3 Å². The largest absolute Gasteiger partial charge is 0.325 e. The molecular weight excluding hydrogens is 440 g/mol. The van der Waals surface area contributed by atoms with Crippen molar-refractivity contribution in [3.63, 3.8) is 0 Å². The molecule has 1 aromatic carbocycles. The van der Waals surface area contributed by atoms with Gasteiger partial charge in [0.2, 0.25) is 5.91 Å². The van der Waals surface area contributed by atoms with Crippen molar-refractivity contribution >= 4 is 35.1 Å². The molecular formula is C23H30N6OS2. The molecule has 0 fully saturated rings. The number of amides is 1. The minimum Gasteiger partial charge on any atom is -0.325 e. The second kappa shape index (κ2) is 10.5. The maximum absolute atomic E-state index is 12.6. The van der Waals surface area contributed by atoms with Gasteiger partial charge in [0, 0.05) is 23.6 Å². The second-order valence-corrected chi connectivity index (χ2v) is 10.4. The van der Waals surface area contributed by atoms with Crippen LogP contribution < -0.4 is 5.32 Å². The zero-order valence-corrected chi connectivity index (χ0v) is 21.1. The van der Waals surface area contributed by atoms with Gasteiger partial charge in [0.15, 0.2) is 10.3 Å². The van der Waals surface area contributed by atoms with Gasteiger partial charge in [0.25, 0.3) is 0 Å². The van der Waals surface area contributed by atoms with E-state index in [4.69, 9.17) is 0 Å². The lowest BCUT2D eigenvalue weighted by Gasteiger charge is -2.22. The first-order chi connectivity index (χ1) is 15.2. The molecule has 2 heterocycles. The average Bonchev–Trinajstić information content (AvgIpc) is 3.11. The van der Waals surface area contributed by atoms with Crippen molar-refractivity contribution in [2.75, 3.05) is 11.1 Å². The summed E-state index contributed by atoms with van der Waals surface area (Å²) in [5, 5.41) is 13.2. The van der Waals surface area contributed by atoms with Crippen LogP contribution in [0, 0.1) is 13.8 Å². The minimum atomic E-state index is -0.0584. The van der Waals surface area contributed by atoms with E-state index in [9.17, 15) is 4.79 Å². The Morgan fingerprint density at radius 2 is 1.75 bits per heavy atom. The van der Waals surface area contributed by atoms with Crippen molar-refractivity contribution in [1.82, 2.24) is 24.7 Å². The predicted octanol–water partition coefficient (Wildman–Crippen LogP) is 5.03. The molecule has 3 aromatic rings. The van der Waals surface area contributed by atoms with Crippen molar-refractivity contribution in [2.45, 2.75) is 69.6 Å². The van der Waals surface area contributed by atoms with Crippen LogP contribution in [-0.4, -0.2) is 36.4 Å². The van der Waals surface area contributed by atoms with E-state index >= 15 is 0 Å². The molecule has 0 spiro atoms. The third-order valence-corrected chi connectivity index (χ3v) is 6.55. The molecule has 1 N–H and O–H groups in total. The van der Waals surface area contributed by atoms with Crippen LogP contribution in [0.3, 0.4) is 0 Å². The Kier molecular flexibility index (Phi) is 7.95. The van der Waals surface area contributed by atoms with E-state index in [0.29, 0.717) is 5.75 Å². The third kappa shape index (κ3) is 6.32. The third-order valence-electron chi connectivity index (χ3n) is 4.74. The van der Waals surface area contributed by atoms with Crippen LogP contribution in [0.5, 0.6) is 0 Å². The molecule has 0 aliphatic carbocycles. The summed E-state index contributed by atoms with van der Waals surface area (Å²) in [6, 6.07) is 9.90. The number of aryl methyl sites for hydroxylation is 2. The number of hydrogen-bond acceptors (Lipinski definition) is 7. The standard InChI is InChI=1S/C23H30N6OS2/c1-7-29-19(13-31-21-24-15(2)12-16(3)25-21)27-28-22(29)32-14-20(30)26-18-11-9-8-10-17(18)23(4,5)6/h8-12H,7,13-14H2,1-6H3,(H,26,30). The number of para-hydroxylation sites is 1. The van der Waals surface area contributed by atoms with E-state index in [2.05, 4.69) is 59.2 Å². The Balaban J connectivity index is 1.62. The number of carbonyl (C=O) groups excluding carboxylic acids is 1. The Bertz CT molecular complexity index is 1070. The van der Waals surface area contributed by atoms with E-state index in [1.807, 2.05) is 42.7 Å². The number of hydrogen-bond donors (Lipinski definition) is 1. The van der Waals surface area contributed by atoms with Crippen molar-refractivity contribution in [3.05, 3.63) is 53.1 Å². The van der Waals surface area contributed by atoms with Crippen LogP contribution in [0.15, 0.2) is 40.6 Å². The van der Waals surface area contributed by atoms with E-state index in [-0.39, 0.29) is 17.1 Å². The first kappa shape index (κ1) is 24.3. The number of carbonyl (C=O) groups is 1. The monoisotopic (exact) mass is 470 g/mol.